The molecule has 0 amide bonds. The molecule has 0 unspecified atom stereocenters. The summed E-state index contributed by atoms with van der Waals surface area (Å²) in [5.74, 6) is 0. The molecule has 0 bridgehead atoms. The summed E-state index contributed by atoms with van der Waals surface area (Å²) in [6.45, 7) is 4.00. The third-order valence-electron chi connectivity index (χ3n) is 2.61. The second kappa shape index (κ2) is 4.29. The third kappa shape index (κ3) is 1.73. The van der Waals surface area contributed by atoms with Gasteiger partial charge in [0.15, 0.2) is 0 Å². The van der Waals surface area contributed by atoms with Crippen molar-refractivity contribution in [3.05, 3.63) is 50.3 Å². The summed E-state index contributed by atoms with van der Waals surface area (Å²) in [4.78, 5) is 12.0. The molecule has 0 saturated heterocycles. The van der Waals surface area contributed by atoms with Gasteiger partial charge in [-0.1, -0.05) is 25.1 Å². The molecule has 16 heavy (non-hydrogen) atoms. The summed E-state index contributed by atoms with van der Waals surface area (Å²) >= 11 is 3.32. The first kappa shape index (κ1) is 11.2. The topological polar surface area (TPSA) is 37.8 Å². The molecule has 0 atom stereocenters. The van der Waals surface area contributed by atoms with Crippen molar-refractivity contribution in [3.63, 3.8) is 0 Å². The van der Waals surface area contributed by atoms with Crippen molar-refractivity contribution >= 4 is 15.9 Å². The molecule has 2 aromatic rings. The molecule has 1 aromatic heterocycles. The molecule has 0 aliphatic rings. The molecule has 0 aliphatic heterocycles. The highest BCUT2D eigenvalue weighted by molar-refractivity contribution is 9.10. The van der Waals surface area contributed by atoms with Crippen LogP contribution in [-0.2, 0) is 6.42 Å². The molecule has 1 aromatic carbocycles. The number of para-hydroxylation sites is 1. The number of hydrogen-bond acceptors (Lipinski definition) is 1. The van der Waals surface area contributed by atoms with Crippen LogP contribution >= 0.6 is 15.9 Å². The van der Waals surface area contributed by atoms with Gasteiger partial charge < -0.3 is 0 Å². The molecule has 3 nitrogen and oxygen atoms in total. The lowest BCUT2D eigenvalue weighted by molar-refractivity contribution is 0.814. The van der Waals surface area contributed by atoms with Gasteiger partial charge >= 0.3 is 0 Å². The summed E-state index contributed by atoms with van der Waals surface area (Å²) in [5, 5.41) is 3.11. The van der Waals surface area contributed by atoms with Gasteiger partial charge in [-0.15, -0.1) is 0 Å². The van der Waals surface area contributed by atoms with E-state index in [1.807, 2.05) is 38.1 Å². The third-order valence-corrected chi connectivity index (χ3v) is 3.43. The fraction of sp³-hybridized carbons (Fsp3) is 0.250. The lowest BCUT2D eigenvalue weighted by Crippen LogP contribution is -2.15. The Morgan fingerprint density at radius 1 is 1.38 bits per heavy atom. The molecule has 1 N–H and O–H groups in total. The van der Waals surface area contributed by atoms with Gasteiger partial charge in [-0.2, -0.15) is 0 Å². The van der Waals surface area contributed by atoms with Crippen LogP contribution in [-0.4, -0.2) is 9.78 Å². The SMILES string of the molecule is CCc1[nH]n(-c2ccccc2C)c(=O)c1Br. The highest BCUT2D eigenvalue weighted by atomic mass is 79.9. The Morgan fingerprint density at radius 2 is 2.06 bits per heavy atom. The van der Waals surface area contributed by atoms with Crippen LogP contribution in [0.2, 0.25) is 0 Å². The summed E-state index contributed by atoms with van der Waals surface area (Å²) < 4.78 is 2.20. The Bertz CT molecular complexity index is 569. The monoisotopic (exact) mass is 280 g/mol. The molecule has 1 heterocycles. The largest absolute Gasteiger partial charge is 0.294 e. The number of hydrogen-bond donors (Lipinski definition) is 1. The van der Waals surface area contributed by atoms with Crippen molar-refractivity contribution in [1.82, 2.24) is 9.78 Å². The second-order valence-electron chi connectivity index (χ2n) is 3.68. The molecule has 2 rings (SSSR count). The van der Waals surface area contributed by atoms with E-state index in [1.165, 1.54) is 0 Å². The van der Waals surface area contributed by atoms with Crippen LogP contribution in [0.1, 0.15) is 18.2 Å². The Morgan fingerprint density at radius 3 is 2.62 bits per heavy atom. The van der Waals surface area contributed by atoms with E-state index in [2.05, 4.69) is 21.0 Å². The fourth-order valence-corrected chi connectivity index (χ4v) is 2.23. The molecule has 0 aliphatic carbocycles. The zero-order chi connectivity index (χ0) is 11.7. The van der Waals surface area contributed by atoms with Crippen LogP contribution in [0.5, 0.6) is 0 Å². The highest BCUT2D eigenvalue weighted by Crippen LogP contribution is 2.15. The van der Waals surface area contributed by atoms with E-state index in [-0.39, 0.29) is 5.56 Å². The summed E-state index contributed by atoms with van der Waals surface area (Å²) in [7, 11) is 0. The van der Waals surface area contributed by atoms with E-state index < -0.39 is 0 Å². The number of halogens is 1. The van der Waals surface area contributed by atoms with Crippen LogP contribution in [0.3, 0.4) is 0 Å². The van der Waals surface area contributed by atoms with Crippen molar-refractivity contribution in [1.29, 1.82) is 0 Å². The van der Waals surface area contributed by atoms with E-state index in [4.69, 9.17) is 0 Å². The molecule has 84 valence electrons. The van der Waals surface area contributed by atoms with Gasteiger partial charge in [0.05, 0.1) is 11.4 Å². The molecular weight excluding hydrogens is 268 g/mol. The van der Waals surface area contributed by atoms with Gasteiger partial charge in [-0.25, -0.2) is 4.68 Å². The number of H-pyrrole nitrogens is 1. The molecule has 0 spiro atoms. The smallest absolute Gasteiger partial charge is 0.285 e. The van der Waals surface area contributed by atoms with Crippen LogP contribution in [0, 0.1) is 6.92 Å². The molecule has 0 radical (unpaired) electrons. The minimum Gasteiger partial charge on any atom is -0.294 e. The number of benzene rings is 1. The number of aromatic amines is 1. The first-order valence-corrected chi connectivity index (χ1v) is 5.99. The minimum absolute atomic E-state index is 0.0360. The predicted octanol–water partition coefficient (Wildman–Crippen LogP) is 2.80. The number of aromatic nitrogens is 2. The number of aryl methyl sites for hydroxylation is 2. The maximum absolute atomic E-state index is 12.0. The fourth-order valence-electron chi connectivity index (χ4n) is 1.68. The van der Waals surface area contributed by atoms with Crippen molar-refractivity contribution in [2.45, 2.75) is 20.3 Å². The van der Waals surface area contributed by atoms with Crippen LogP contribution in [0.15, 0.2) is 33.5 Å². The maximum Gasteiger partial charge on any atom is 0.285 e. The minimum atomic E-state index is -0.0360. The lowest BCUT2D eigenvalue weighted by atomic mass is 10.2. The predicted molar refractivity (Wildman–Crippen MR) is 68.2 cm³/mol. The summed E-state index contributed by atoms with van der Waals surface area (Å²) in [6, 6.07) is 7.80. The van der Waals surface area contributed by atoms with Crippen LogP contribution < -0.4 is 5.56 Å². The quantitative estimate of drug-likeness (QED) is 0.903. The number of nitrogens with one attached hydrogen (secondary N) is 1. The van der Waals surface area contributed by atoms with Crippen molar-refractivity contribution in [2.75, 3.05) is 0 Å². The van der Waals surface area contributed by atoms with E-state index in [0.29, 0.717) is 4.47 Å². The zero-order valence-electron chi connectivity index (χ0n) is 9.25. The van der Waals surface area contributed by atoms with Gasteiger partial charge in [-0.3, -0.25) is 9.89 Å². The highest BCUT2D eigenvalue weighted by Gasteiger charge is 2.12. The van der Waals surface area contributed by atoms with Crippen LogP contribution in [0.25, 0.3) is 5.69 Å². The Kier molecular flexibility index (Phi) is 3.01. The molecule has 4 heteroatoms. The second-order valence-corrected chi connectivity index (χ2v) is 4.48. The number of nitrogens with zero attached hydrogens (tertiary/aromatic N) is 1. The van der Waals surface area contributed by atoms with Gasteiger partial charge in [0.2, 0.25) is 0 Å². The van der Waals surface area contributed by atoms with E-state index >= 15 is 0 Å². The molecule has 0 fully saturated rings. The lowest BCUT2D eigenvalue weighted by Gasteiger charge is -2.04. The summed E-state index contributed by atoms with van der Waals surface area (Å²) in [6.07, 6.45) is 0.800. The van der Waals surface area contributed by atoms with Crippen molar-refractivity contribution < 1.29 is 0 Å². The zero-order valence-corrected chi connectivity index (χ0v) is 10.8. The Balaban J connectivity index is 2.66. The first-order chi connectivity index (χ1) is 7.65. The van der Waals surface area contributed by atoms with Gasteiger partial charge in [0.25, 0.3) is 5.56 Å². The number of rotatable bonds is 2. The van der Waals surface area contributed by atoms with Gasteiger partial charge in [-0.05, 0) is 40.9 Å². The van der Waals surface area contributed by atoms with Crippen molar-refractivity contribution in [2.24, 2.45) is 0 Å². The normalized spacial score (nSPS) is 10.7. The van der Waals surface area contributed by atoms with Crippen molar-refractivity contribution in [3.8, 4) is 5.69 Å². The Labute approximate surface area is 102 Å². The van der Waals surface area contributed by atoms with Gasteiger partial charge in [0, 0.05) is 0 Å². The standard InChI is InChI=1S/C12H13BrN2O/c1-3-9-11(13)12(16)15(14-9)10-7-5-4-6-8(10)2/h4-7,14H,3H2,1-2H3. The summed E-state index contributed by atoms with van der Waals surface area (Å²) in [5.41, 5.74) is 2.85. The molecular formula is C12H13BrN2O. The van der Waals surface area contributed by atoms with Crippen LogP contribution in [0.4, 0.5) is 0 Å². The maximum atomic E-state index is 12.0. The first-order valence-electron chi connectivity index (χ1n) is 5.20. The van der Waals surface area contributed by atoms with Gasteiger partial charge in [0.1, 0.15) is 4.47 Å². The van der Waals surface area contributed by atoms with E-state index in [0.717, 1.165) is 23.4 Å². The average Bonchev–Trinajstić information content (AvgIpc) is 2.57. The van der Waals surface area contributed by atoms with E-state index in [9.17, 15) is 4.79 Å². The molecule has 0 saturated carbocycles. The van der Waals surface area contributed by atoms with E-state index in [1.54, 1.807) is 4.68 Å². The average molecular weight is 281 g/mol. The Hall–Kier alpha value is -1.29.